The summed E-state index contributed by atoms with van der Waals surface area (Å²) < 4.78 is 18.2. The monoisotopic (exact) mass is 650 g/mol. The van der Waals surface area contributed by atoms with Crippen LogP contribution in [0.25, 0.3) is 6.08 Å². The van der Waals surface area contributed by atoms with Gasteiger partial charge in [-0.3, -0.25) is 4.79 Å². The Kier molecular flexibility index (Phi) is 10.7. The first-order chi connectivity index (χ1) is 19.9. The molecule has 0 saturated carbocycles. The van der Waals surface area contributed by atoms with E-state index < -0.39 is 5.91 Å². The third kappa shape index (κ3) is 8.51. The lowest BCUT2D eigenvalue weighted by atomic mass is 10.1. The Bertz CT molecular complexity index is 1590. The molecule has 0 aromatic heterocycles. The first kappa shape index (κ1) is 30.0. The summed E-state index contributed by atoms with van der Waals surface area (Å²) in [6.45, 7) is 2.92. The summed E-state index contributed by atoms with van der Waals surface area (Å²) in [5, 5.41) is 13.4. The van der Waals surface area contributed by atoms with Gasteiger partial charge in [0.05, 0.1) is 16.7 Å². The highest BCUT2D eigenvalue weighted by Crippen LogP contribution is 2.36. The molecule has 0 aliphatic heterocycles. The zero-order valence-corrected chi connectivity index (χ0v) is 25.1. The molecule has 1 N–H and O–H groups in total. The molecule has 0 heterocycles. The summed E-state index contributed by atoms with van der Waals surface area (Å²) in [6, 6.07) is 27.5. The number of nitrogens with one attached hydrogen (secondary N) is 1. The molecule has 4 aromatic rings. The molecule has 0 saturated heterocycles. The van der Waals surface area contributed by atoms with E-state index in [1.807, 2.05) is 49.4 Å². The van der Waals surface area contributed by atoms with E-state index in [1.54, 1.807) is 48.5 Å². The summed E-state index contributed by atoms with van der Waals surface area (Å²) in [7, 11) is 0. The van der Waals surface area contributed by atoms with Gasteiger partial charge < -0.3 is 19.5 Å². The fourth-order valence-electron chi connectivity index (χ4n) is 3.71. The van der Waals surface area contributed by atoms with Crippen LogP contribution in [0, 0.1) is 11.3 Å². The van der Waals surface area contributed by atoms with E-state index in [-0.39, 0.29) is 12.2 Å². The Hall–Kier alpha value is -3.96. The van der Waals surface area contributed by atoms with Crippen LogP contribution in [0.5, 0.6) is 17.2 Å². The number of carbonyl (C=O) groups excluding carboxylic acids is 1. The van der Waals surface area contributed by atoms with E-state index in [1.165, 1.54) is 6.08 Å². The molecular weight excluding hydrogens is 627 g/mol. The SMILES string of the molecule is CCOc1cc(/C=C(\C#N)C(=O)Nc2ccc(OCc3ccccc3)cc2)c(Br)cc1OCc1ccc(Cl)c(Cl)c1. The van der Waals surface area contributed by atoms with Crippen LogP contribution in [0.1, 0.15) is 23.6 Å². The summed E-state index contributed by atoms with van der Waals surface area (Å²) in [6.07, 6.45) is 1.49. The zero-order valence-electron chi connectivity index (χ0n) is 22.0. The van der Waals surface area contributed by atoms with Crippen molar-refractivity contribution in [1.82, 2.24) is 0 Å². The van der Waals surface area contributed by atoms with Crippen molar-refractivity contribution in [3.05, 3.63) is 122 Å². The maximum absolute atomic E-state index is 12.9. The average molecular weight is 652 g/mol. The lowest BCUT2D eigenvalue weighted by Gasteiger charge is -2.14. The summed E-state index contributed by atoms with van der Waals surface area (Å²) >= 11 is 15.6. The van der Waals surface area contributed by atoms with Crippen molar-refractivity contribution in [3.63, 3.8) is 0 Å². The standard InChI is InChI=1S/C32H25BrCl2N2O4/c1-2-39-30-16-23(27(33)17-31(30)41-20-22-8-13-28(34)29(35)14-22)15-24(18-36)32(38)37-25-9-11-26(12-10-25)40-19-21-6-4-3-5-7-21/h3-17H,2,19-20H2,1H3,(H,37,38)/b24-15+. The van der Waals surface area contributed by atoms with Crippen LogP contribution in [0.2, 0.25) is 10.0 Å². The number of hydrogen-bond donors (Lipinski definition) is 1. The predicted octanol–water partition coefficient (Wildman–Crippen LogP) is 8.86. The molecule has 208 valence electrons. The fraction of sp³-hybridized carbons (Fsp3) is 0.125. The smallest absolute Gasteiger partial charge is 0.266 e. The number of amides is 1. The molecule has 0 bridgehead atoms. The number of hydrogen-bond acceptors (Lipinski definition) is 5. The highest BCUT2D eigenvalue weighted by molar-refractivity contribution is 9.10. The molecule has 4 rings (SSSR count). The van der Waals surface area contributed by atoms with E-state index >= 15 is 0 Å². The second kappa shape index (κ2) is 14.6. The molecule has 4 aromatic carbocycles. The highest BCUT2D eigenvalue weighted by Gasteiger charge is 2.15. The Balaban J connectivity index is 1.45. The minimum Gasteiger partial charge on any atom is -0.490 e. The van der Waals surface area contributed by atoms with Gasteiger partial charge in [0.1, 0.15) is 30.6 Å². The van der Waals surface area contributed by atoms with E-state index in [9.17, 15) is 10.1 Å². The van der Waals surface area contributed by atoms with Crippen molar-refractivity contribution in [2.75, 3.05) is 11.9 Å². The van der Waals surface area contributed by atoms with Crippen molar-refractivity contribution in [1.29, 1.82) is 5.26 Å². The summed E-state index contributed by atoms with van der Waals surface area (Å²) in [5.74, 6) is 1.07. The Morgan fingerprint density at radius 1 is 0.878 bits per heavy atom. The molecular formula is C32H25BrCl2N2O4. The number of anilines is 1. The molecule has 9 heteroatoms. The molecule has 6 nitrogen and oxygen atoms in total. The van der Waals surface area contributed by atoms with Gasteiger partial charge >= 0.3 is 0 Å². The summed E-state index contributed by atoms with van der Waals surface area (Å²) in [4.78, 5) is 12.9. The quantitative estimate of drug-likeness (QED) is 0.129. The number of ether oxygens (including phenoxy) is 3. The van der Waals surface area contributed by atoms with E-state index in [2.05, 4.69) is 21.2 Å². The molecule has 0 atom stereocenters. The third-order valence-corrected chi connectivity index (χ3v) is 7.19. The number of nitriles is 1. The zero-order chi connectivity index (χ0) is 29.2. The van der Waals surface area contributed by atoms with Crippen molar-refractivity contribution in [2.45, 2.75) is 20.1 Å². The highest BCUT2D eigenvalue weighted by atomic mass is 79.9. The van der Waals surface area contributed by atoms with Crippen LogP contribution in [0.3, 0.4) is 0 Å². The first-order valence-corrected chi connectivity index (χ1v) is 14.1. The minimum atomic E-state index is -0.546. The number of nitrogens with zero attached hydrogens (tertiary/aromatic N) is 1. The van der Waals surface area contributed by atoms with Gasteiger partial charge in [-0.15, -0.1) is 0 Å². The van der Waals surface area contributed by atoms with Crippen LogP contribution in [-0.4, -0.2) is 12.5 Å². The Morgan fingerprint density at radius 3 is 2.27 bits per heavy atom. The lowest BCUT2D eigenvalue weighted by molar-refractivity contribution is -0.112. The Morgan fingerprint density at radius 2 is 1.59 bits per heavy atom. The van der Waals surface area contributed by atoms with Crippen molar-refractivity contribution in [2.24, 2.45) is 0 Å². The van der Waals surface area contributed by atoms with Gasteiger partial charge in [0.25, 0.3) is 5.91 Å². The predicted molar refractivity (Wildman–Crippen MR) is 166 cm³/mol. The fourth-order valence-corrected chi connectivity index (χ4v) is 4.47. The number of halogens is 3. The second-order valence-corrected chi connectivity index (χ2v) is 10.4. The topological polar surface area (TPSA) is 80.6 Å². The van der Waals surface area contributed by atoms with Gasteiger partial charge in [0.2, 0.25) is 0 Å². The van der Waals surface area contributed by atoms with E-state index in [0.717, 1.165) is 11.1 Å². The molecule has 0 aliphatic rings. The summed E-state index contributed by atoms with van der Waals surface area (Å²) in [5.41, 5.74) is 2.91. The lowest BCUT2D eigenvalue weighted by Crippen LogP contribution is -2.13. The molecule has 0 spiro atoms. The van der Waals surface area contributed by atoms with Crippen LogP contribution in [-0.2, 0) is 18.0 Å². The largest absolute Gasteiger partial charge is 0.490 e. The number of carbonyl (C=O) groups is 1. The number of benzene rings is 4. The normalized spacial score (nSPS) is 11.0. The Labute approximate surface area is 257 Å². The maximum Gasteiger partial charge on any atom is 0.266 e. The van der Waals surface area contributed by atoms with Gasteiger partial charge in [-0.05, 0) is 78.2 Å². The van der Waals surface area contributed by atoms with E-state index in [4.69, 9.17) is 37.4 Å². The van der Waals surface area contributed by atoms with E-state index in [0.29, 0.717) is 56.2 Å². The van der Waals surface area contributed by atoms with Gasteiger partial charge in [0, 0.05) is 10.2 Å². The molecule has 41 heavy (non-hydrogen) atoms. The van der Waals surface area contributed by atoms with Crippen LogP contribution >= 0.6 is 39.1 Å². The molecule has 0 unspecified atom stereocenters. The van der Waals surface area contributed by atoms with Gasteiger partial charge in [-0.1, -0.05) is 75.5 Å². The van der Waals surface area contributed by atoms with Crippen molar-refractivity contribution >= 4 is 56.8 Å². The van der Waals surface area contributed by atoms with Gasteiger partial charge in [-0.25, -0.2) is 0 Å². The molecule has 0 fully saturated rings. The maximum atomic E-state index is 12.9. The van der Waals surface area contributed by atoms with Crippen molar-refractivity contribution < 1.29 is 19.0 Å². The second-order valence-electron chi connectivity index (χ2n) is 8.71. The third-order valence-electron chi connectivity index (χ3n) is 5.77. The van der Waals surface area contributed by atoms with Crippen LogP contribution in [0.4, 0.5) is 5.69 Å². The van der Waals surface area contributed by atoms with Gasteiger partial charge in [-0.2, -0.15) is 5.26 Å². The van der Waals surface area contributed by atoms with Crippen LogP contribution in [0.15, 0.2) is 95.0 Å². The minimum absolute atomic E-state index is 0.0815. The van der Waals surface area contributed by atoms with Crippen LogP contribution < -0.4 is 19.5 Å². The first-order valence-electron chi connectivity index (χ1n) is 12.6. The van der Waals surface area contributed by atoms with Crippen molar-refractivity contribution in [3.8, 4) is 23.3 Å². The molecule has 1 amide bonds. The van der Waals surface area contributed by atoms with Gasteiger partial charge in [0.15, 0.2) is 11.5 Å². The number of rotatable bonds is 11. The molecule has 0 aliphatic carbocycles. The average Bonchev–Trinajstić information content (AvgIpc) is 2.98. The molecule has 0 radical (unpaired) electrons.